The Morgan fingerprint density at radius 2 is 1.71 bits per heavy atom. The molecule has 162 valence electrons. The summed E-state index contributed by atoms with van der Waals surface area (Å²) < 4.78 is 20.9. The number of benzene rings is 2. The van der Waals surface area contributed by atoms with Crippen molar-refractivity contribution >= 4 is 22.8 Å². The van der Waals surface area contributed by atoms with Gasteiger partial charge in [-0.2, -0.15) is 0 Å². The molecule has 1 heterocycles. The van der Waals surface area contributed by atoms with Crippen LogP contribution in [0.2, 0.25) is 0 Å². The van der Waals surface area contributed by atoms with E-state index in [0.717, 1.165) is 5.75 Å². The highest BCUT2D eigenvalue weighted by atomic mass is 16.6. The summed E-state index contributed by atoms with van der Waals surface area (Å²) in [6.45, 7) is 2.59. The molecule has 1 amide bonds. The molecule has 31 heavy (non-hydrogen) atoms. The van der Waals surface area contributed by atoms with Crippen LogP contribution in [-0.4, -0.2) is 38.2 Å². The summed E-state index contributed by atoms with van der Waals surface area (Å²) in [4.78, 5) is 36.0. The van der Waals surface area contributed by atoms with Crippen molar-refractivity contribution in [2.24, 2.45) is 0 Å². The van der Waals surface area contributed by atoms with Crippen LogP contribution in [0.3, 0.4) is 0 Å². The predicted molar refractivity (Wildman–Crippen MR) is 113 cm³/mol. The maximum absolute atomic E-state index is 12.2. The average Bonchev–Trinajstić information content (AvgIpc) is 2.78. The van der Waals surface area contributed by atoms with E-state index >= 15 is 0 Å². The van der Waals surface area contributed by atoms with Crippen molar-refractivity contribution < 1.29 is 28.2 Å². The molecule has 0 fully saturated rings. The number of para-hydroxylation sites is 1. The van der Waals surface area contributed by atoms with E-state index in [1.54, 1.807) is 48.5 Å². The minimum absolute atomic E-state index is 0.0700. The maximum Gasteiger partial charge on any atom is 0.349 e. The van der Waals surface area contributed by atoms with Gasteiger partial charge in [0.1, 0.15) is 22.6 Å². The first-order valence-corrected chi connectivity index (χ1v) is 9.89. The highest BCUT2D eigenvalue weighted by molar-refractivity contribution is 5.96. The average molecular weight is 425 g/mol. The molecule has 1 aromatic heterocycles. The first-order chi connectivity index (χ1) is 15.1. The molecular formula is C23H23NO7. The van der Waals surface area contributed by atoms with Gasteiger partial charge in [-0.1, -0.05) is 18.2 Å². The lowest BCUT2D eigenvalue weighted by Crippen LogP contribution is -2.29. The molecule has 0 unspecified atom stereocenters. The van der Waals surface area contributed by atoms with Gasteiger partial charge in [0, 0.05) is 11.9 Å². The number of rotatable bonds is 10. The van der Waals surface area contributed by atoms with Gasteiger partial charge in [-0.3, -0.25) is 4.79 Å². The number of hydrogen-bond donors (Lipinski definition) is 1. The summed E-state index contributed by atoms with van der Waals surface area (Å²) in [6, 6.07) is 15.4. The van der Waals surface area contributed by atoms with Gasteiger partial charge in [-0.15, -0.1) is 0 Å². The number of ether oxygens (including phenoxy) is 3. The Morgan fingerprint density at radius 3 is 2.45 bits per heavy atom. The molecule has 2 aromatic carbocycles. The largest absolute Gasteiger partial charge is 0.494 e. The number of hydrogen-bond acceptors (Lipinski definition) is 7. The van der Waals surface area contributed by atoms with Crippen LogP contribution in [0.15, 0.2) is 63.8 Å². The predicted octanol–water partition coefficient (Wildman–Crippen LogP) is 2.93. The van der Waals surface area contributed by atoms with Crippen molar-refractivity contribution in [3.05, 3.63) is 70.6 Å². The molecule has 8 nitrogen and oxygen atoms in total. The second kappa shape index (κ2) is 10.8. The number of amides is 1. The molecule has 0 saturated heterocycles. The second-order valence-corrected chi connectivity index (χ2v) is 6.51. The van der Waals surface area contributed by atoms with Gasteiger partial charge in [0.15, 0.2) is 6.61 Å². The Morgan fingerprint density at radius 1 is 1.00 bits per heavy atom. The van der Waals surface area contributed by atoms with Crippen molar-refractivity contribution in [2.75, 3.05) is 26.4 Å². The van der Waals surface area contributed by atoms with Gasteiger partial charge in [-0.25, -0.2) is 9.59 Å². The van der Waals surface area contributed by atoms with Gasteiger partial charge in [0.2, 0.25) is 0 Å². The van der Waals surface area contributed by atoms with Crippen LogP contribution < -0.4 is 20.4 Å². The molecule has 1 N–H and O–H groups in total. The van der Waals surface area contributed by atoms with E-state index in [2.05, 4.69) is 5.32 Å². The fourth-order valence-corrected chi connectivity index (χ4v) is 2.76. The van der Waals surface area contributed by atoms with Gasteiger partial charge in [0.25, 0.3) is 5.91 Å². The van der Waals surface area contributed by atoms with Crippen molar-refractivity contribution in [1.29, 1.82) is 0 Å². The SMILES string of the molecule is CCOc1ccc(OCC(=O)OCCCNC(=O)c2cc3ccccc3oc2=O)cc1. The second-order valence-electron chi connectivity index (χ2n) is 6.51. The Hall–Kier alpha value is -3.81. The smallest absolute Gasteiger partial charge is 0.349 e. The molecule has 0 aliphatic carbocycles. The van der Waals surface area contributed by atoms with Crippen LogP contribution in [-0.2, 0) is 9.53 Å². The molecule has 0 radical (unpaired) electrons. The topological polar surface area (TPSA) is 104 Å². The Bertz CT molecular complexity index is 1090. The Labute approximate surface area is 178 Å². The first-order valence-electron chi connectivity index (χ1n) is 9.89. The Kier molecular flexibility index (Phi) is 7.64. The molecule has 0 aliphatic rings. The van der Waals surface area contributed by atoms with Gasteiger partial charge in [-0.05, 0) is 49.7 Å². The number of fused-ring (bicyclic) bond motifs is 1. The molecular weight excluding hydrogens is 402 g/mol. The number of esters is 1. The van der Waals surface area contributed by atoms with Crippen LogP contribution in [0.4, 0.5) is 0 Å². The van der Waals surface area contributed by atoms with Crippen LogP contribution in [0.1, 0.15) is 23.7 Å². The van der Waals surface area contributed by atoms with E-state index in [0.29, 0.717) is 29.7 Å². The fourth-order valence-electron chi connectivity index (χ4n) is 2.76. The van der Waals surface area contributed by atoms with E-state index in [1.807, 2.05) is 6.92 Å². The van der Waals surface area contributed by atoms with E-state index in [-0.39, 0.29) is 25.3 Å². The summed E-state index contributed by atoms with van der Waals surface area (Å²) in [5.74, 6) is 0.197. The molecule has 0 aliphatic heterocycles. The highest BCUT2D eigenvalue weighted by Crippen LogP contribution is 2.17. The summed E-state index contributed by atoms with van der Waals surface area (Å²) >= 11 is 0. The third kappa shape index (κ3) is 6.33. The maximum atomic E-state index is 12.2. The lowest BCUT2D eigenvalue weighted by molar-refractivity contribution is -0.146. The molecule has 0 saturated carbocycles. The minimum atomic E-state index is -0.700. The van der Waals surface area contributed by atoms with E-state index < -0.39 is 17.5 Å². The van der Waals surface area contributed by atoms with Crippen LogP contribution in [0.25, 0.3) is 11.0 Å². The Balaban J connectivity index is 1.36. The lowest BCUT2D eigenvalue weighted by atomic mass is 10.2. The third-order valence-corrected chi connectivity index (χ3v) is 4.25. The molecule has 3 rings (SSSR count). The van der Waals surface area contributed by atoms with Gasteiger partial charge in [0.05, 0.1) is 13.2 Å². The van der Waals surface area contributed by atoms with Crippen molar-refractivity contribution in [1.82, 2.24) is 5.32 Å². The summed E-state index contributed by atoms with van der Waals surface area (Å²) in [6.07, 6.45) is 0.388. The quantitative estimate of drug-likeness (QED) is 0.303. The minimum Gasteiger partial charge on any atom is -0.494 e. The molecule has 3 aromatic rings. The summed E-state index contributed by atoms with van der Waals surface area (Å²) in [5, 5.41) is 3.28. The lowest BCUT2D eigenvalue weighted by Gasteiger charge is -2.09. The highest BCUT2D eigenvalue weighted by Gasteiger charge is 2.13. The molecule has 8 heteroatoms. The van der Waals surface area contributed by atoms with Crippen LogP contribution in [0, 0.1) is 0 Å². The summed E-state index contributed by atoms with van der Waals surface area (Å²) in [5.41, 5.74) is -0.350. The van der Waals surface area contributed by atoms with Crippen LogP contribution >= 0.6 is 0 Å². The van der Waals surface area contributed by atoms with E-state index in [9.17, 15) is 14.4 Å². The monoisotopic (exact) mass is 425 g/mol. The van der Waals surface area contributed by atoms with Gasteiger partial charge < -0.3 is 23.9 Å². The zero-order chi connectivity index (χ0) is 22.1. The number of nitrogens with one attached hydrogen (secondary N) is 1. The molecule has 0 bridgehead atoms. The fraction of sp³-hybridized carbons (Fsp3) is 0.261. The van der Waals surface area contributed by atoms with E-state index in [1.165, 1.54) is 6.07 Å². The zero-order valence-electron chi connectivity index (χ0n) is 17.1. The molecule has 0 spiro atoms. The van der Waals surface area contributed by atoms with Crippen molar-refractivity contribution in [3.8, 4) is 11.5 Å². The van der Waals surface area contributed by atoms with E-state index in [4.69, 9.17) is 18.6 Å². The first kappa shape index (κ1) is 21.9. The van der Waals surface area contributed by atoms with Crippen LogP contribution in [0.5, 0.6) is 11.5 Å². The van der Waals surface area contributed by atoms with Crippen molar-refractivity contribution in [2.45, 2.75) is 13.3 Å². The van der Waals surface area contributed by atoms with Gasteiger partial charge >= 0.3 is 11.6 Å². The third-order valence-electron chi connectivity index (χ3n) is 4.25. The standard InChI is InChI=1S/C23H23NO7/c1-2-28-17-8-10-18(11-9-17)30-15-21(25)29-13-5-12-24-22(26)19-14-16-6-3-4-7-20(16)31-23(19)27/h3-4,6-11,14H,2,5,12-13,15H2,1H3,(H,24,26). The number of carbonyl (C=O) groups is 2. The molecule has 0 atom stereocenters. The normalized spacial score (nSPS) is 10.5. The zero-order valence-corrected chi connectivity index (χ0v) is 17.1. The summed E-state index contributed by atoms with van der Waals surface area (Å²) in [7, 11) is 0. The number of carbonyl (C=O) groups excluding carboxylic acids is 2. The van der Waals surface area contributed by atoms with Crippen molar-refractivity contribution in [3.63, 3.8) is 0 Å².